The van der Waals surface area contributed by atoms with Gasteiger partial charge in [-0.2, -0.15) is 0 Å². The highest BCUT2D eigenvalue weighted by molar-refractivity contribution is 7.99. The van der Waals surface area contributed by atoms with Crippen molar-refractivity contribution in [1.29, 1.82) is 0 Å². The van der Waals surface area contributed by atoms with E-state index in [-0.39, 0.29) is 0 Å². The molecular formula is C13H19NOS. The zero-order valence-corrected chi connectivity index (χ0v) is 10.5. The van der Waals surface area contributed by atoms with E-state index in [4.69, 9.17) is 5.73 Å². The van der Waals surface area contributed by atoms with Gasteiger partial charge in [0.2, 0.25) is 0 Å². The monoisotopic (exact) mass is 237 g/mol. The first-order valence-corrected chi connectivity index (χ1v) is 6.79. The van der Waals surface area contributed by atoms with Crippen LogP contribution in [0.25, 0.3) is 0 Å². The van der Waals surface area contributed by atoms with Crippen molar-refractivity contribution in [3.63, 3.8) is 0 Å². The van der Waals surface area contributed by atoms with Crippen LogP contribution < -0.4 is 5.73 Å². The van der Waals surface area contributed by atoms with Gasteiger partial charge in [-0.05, 0) is 37.5 Å². The molecule has 1 aliphatic carbocycles. The van der Waals surface area contributed by atoms with Crippen molar-refractivity contribution < 1.29 is 5.11 Å². The fourth-order valence-electron chi connectivity index (χ4n) is 2.16. The molecule has 1 aromatic rings. The van der Waals surface area contributed by atoms with Gasteiger partial charge < -0.3 is 10.8 Å². The Bertz CT molecular complexity index is 372. The van der Waals surface area contributed by atoms with Gasteiger partial charge >= 0.3 is 0 Å². The van der Waals surface area contributed by atoms with Gasteiger partial charge in [0.1, 0.15) is 0 Å². The Kier molecular flexibility index (Phi) is 3.45. The topological polar surface area (TPSA) is 46.2 Å². The Morgan fingerprint density at radius 3 is 2.75 bits per heavy atom. The molecule has 0 amide bonds. The van der Waals surface area contributed by atoms with E-state index in [1.165, 1.54) is 5.56 Å². The minimum absolute atomic E-state index is 0.457. The van der Waals surface area contributed by atoms with Crippen molar-refractivity contribution >= 4 is 17.4 Å². The number of thioether (sulfide) groups is 1. The number of aryl methyl sites for hydroxylation is 1. The Balaban J connectivity index is 2.01. The van der Waals surface area contributed by atoms with Crippen molar-refractivity contribution in [3.05, 3.63) is 23.8 Å². The van der Waals surface area contributed by atoms with E-state index in [9.17, 15) is 5.11 Å². The number of nitrogen functional groups attached to an aromatic ring is 1. The summed E-state index contributed by atoms with van der Waals surface area (Å²) in [6.45, 7) is 2.06. The lowest BCUT2D eigenvalue weighted by Gasteiger charge is -2.21. The summed E-state index contributed by atoms with van der Waals surface area (Å²) < 4.78 is 0. The van der Waals surface area contributed by atoms with E-state index in [0.717, 1.165) is 42.0 Å². The standard InChI is InChI=1S/C13H19NOS/c1-10-4-5-11(14)12(8-10)16-9-13(15)6-2-3-7-13/h4-5,8,15H,2-3,6-7,9,14H2,1H3. The Morgan fingerprint density at radius 2 is 2.06 bits per heavy atom. The maximum Gasteiger partial charge on any atom is 0.0741 e. The van der Waals surface area contributed by atoms with Crippen LogP contribution in [-0.2, 0) is 0 Å². The molecule has 1 aromatic carbocycles. The van der Waals surface area contributed by atoms with Crippen molar-refractivity contribution in [2.75, 3.05) is 11.5 Å². The number of hydrogen-bond acceptors (Lipinski definition) is 3. The largest absolute Gasteiger partial charge is 0.398 e. The molecule has 0 aliphatic heterocycles. The molecule has 3 N–H and O–H groups in total. The van der Waals surface area contributed by atoms with Crippen LogP contribution in [0.3, 0.4) is 0 Å². The van der Waals surface area contributed by atoms with Gasteiger partial charge in [-0.3, -0.25) is 0 Å². The summed E-state index contributed by atoms with van der Waals surface area (Å²) in [5, 5.41) is 10.3. The molecular weight excluding hydrogens is 218 g/mol. The summed E-state index contributed by atoms with van der Waals surface area (Å²) >= 11 is 1.68. The average molecular weight is 237 g/mol. The molecule has 0 radical (unpaired) electrons. The Morgan fingerprint density at radius 1 is 1.38 bits per heavy atom. The van der Waals surface area contributed by atoms with Gasteiger partial charge in [-0.1, -0.05) is 18.9 Å². The molecule has 0 unspecified atom stereocenters. The predicted octanol–water partition coefficient (Wildman–Crippen LogP) is 2.97. The maximum atomic E-state index is 10.3. The van der Waals surface area contributed by atoms with E-state index in [2.05, 4.69) is 13.0 Å². The van der Waals surface area contributed by atoms with E-state index < -0.39 is 5.60 Å². The van der Waals surface area contributed by atoms with Crippen LogP contribution in [-0.4, -0.2) is 16.5 Å². The molecule has 0 aromatic heterocycles. The van der Waals surface area contributed by atoms with Crippen LogP contribution in [0.1, 0.15) is 31.2 Å². The average Bonchev–Trinajstić information content (AvgIpc) is 2.67. The van der Waals surface area contributed by atoms with Crippen molar-refractivity contribution in [2.24, 2.45) is 0 Å². The minimum Gasteiger partial charge on any atom is -0.398 e. The lowest BCUT2D eigenvalue weighted by Crippen LogP contribution is -2.27. The van der Waals surface area contributed by atoms with Crippen LogP contribution >= 0.6 is 11.8 Å². The molecule has 1 saturated carbocycles. The van der Waals surface area contributed by atoms with Crippen LogP contribution in [0.5, 0.6) is 0 Å². The molecule has 0 spiro atoms. The van der Waals surface area contributed by atoms with Crippen LogP contribution in [0, 0.1) is 6.92 Å². The second kappa shape index (κ2) is 4.68. The van der Waals surface area contributed by atoms with E-state index in [0.29, 0.717) is 0 Å². The molecule has 0 saturated heterocycles. The predicted molar refractivity (Wildman–Crippen MR) is 69.7 cm³/mol. The third-order valence-electron chi connectivity index (χ3n) is 3.20. The molecule has 88 valence electrons. The first-order valence-electron chi connectivity index (χ1n) is 5.80. The number of anilines is 1. The lowest BCUT2D eigenvalue weighted by atomic mass is 10.1. The van der Waals surface area contributed by atoms with Crippen LogP contribution in [0.15, 0.2) is 23.1 Å². The molecule has 16 heavy (non-hydrogen) atoms. The highest BCUT2D eigenvalue weighted by atomic mass is 32.2. The maximum absolute atomic E-state index is 10.3. The third kappa shape index (κ3) is 2.71. The van der Waals surface area contributed by atoms with Crippen molar-refractivity contribution in [2.45, 2.75) is 43.1 Å². The third-order valence-corrected chi connectivity index (χ3v) is 4.55. The smallest absolute Gasteiger partial charge is 0.0741 e. The molecule has 1 aliphatic rings. The van der Waals surface area contributed by atoms with Crippen molar-refractivity contribution in [3.8, 4) is 0 Å². The minimum atomic E-state index is -0.457. The van der Waals surface area contributed by atoms with Crippen molar-refractivity contribution in [1.82, 2.24) is 0 Å². The first kappa shape index (κ1) is 11.8. The second-order valence-electron chi connectivity index (χ2n) is 4.76. The molecule has 1 fully saturated rings. The first-order chi connectivity index (χ1) is 7.59. The number of rotatable bonds is 3. The summed E-state index contributed by atoms with van der Waals surface area (Å²) in [5.41, 5.74) is 7.49. The molecule has 2 nitrogen and oxygen atoms in total. The fourth-order valence-corrected chi connectivity index (χ4v) is 3.37. The van der Waals surface area contributed by atoms with Gasteiger partial charge in [0.25, 0.3) is 0 Å². The Labute approximate surface area is 101 Å². The van der Waals surface area contributed by atoms with E-state index in [1.807, 2.05) is 12.1 Å². The molecule has 3 heteroatoms. The number of hydrogen-bond donors (Lipinski definition) is 2. The number of aliphatic hydroxyl groups is 1. The second-order valence-corrected chi connectivity index (χ2v) is 5.78. The highest BCUT2D eigenvalue weighted by Crippen LogP contribution is 2.36. The normalized spacial score (nSPS) is 18.9. The summed E-state index contributed by atoms with van der Waals surface area (Å²) in [6.07, 6.45) is 4.18. The van der Waals surface area contributed by atoms with Gasteiger partial charge in [0.15, 0.2) is 0 Å². The van der Waals surface area contributed by atoms with Crippen LogP contribution in [0.2, 0.25) is 0 Å². The Hall–Kier alpha value is -0.670. The van der Waals surface area contributed by atoms with E-state index in [1.54, 1.807) is 11.8 Å². The fraction of sp³-hybridized carbons (Fsp3) is 0.538. The van der Waals surface area contributed by atoms with E-state index >= 15 is 0 Å². The molecule has 2 rings (SSSR count). The summed E-state index contributed by atoms with van der Waals surface area (Å²) in [4.78, 5) is 1.10. The number of nitrogens with two attached hydrogens (primary N) is 1. The zero-order valence-electron chi connectivity index (χ0n) is 9.70. The molecule has 0 heterocycles. The van der Waals surface area contributed by atoms with Crippen LogP contribution in [0.4, 0.5) is 5.69 Å². The number of benzene rings is 1. The van der Waals surface area contributed by atoms with Gasteiger partial charge in [0, 0.05) is 16.3 Å². The summed E-state index contributed by atoms with van der Waals surface area (Å²) in [5.74, 6) is 0.765. The SMILES string of the molecule is Cc1ccc(N)c(SCC2(O)CCCC2)c1. The quantitative estimate of drug-likeness (QED) is 0.627. The van der Waals surface area contributed by atoms with Gasteiger partial charge in [0.05, 0.1) is 5.60 Å². The van der Waals surface area contributed by atoms with Gasteiger partial charge in [-0.25, -0.2) is 0 Å². The lowest BCUT2D eigenvalue weighted by molar-refractivity contribution is 0.0733. The van der Waals surface area contributed by atoms with Gasteiger partial charge in [-0.15, -0.1) is 11.8 Å². The molecule has 0 atom stereocenters. The summed E-state index contributed by atoms with van der Waals surface area (Å²) in [7, 11) is 0. The highest BCUT2D eigenvalue weighted by Gasteiger charge is 2.31. The summed E-state index contributed by atoms with van der Waals surface area (Å²) in [6, 6.07) is 6.05. The zero-order chi connectivity index (χ0) is 11.6. The molecule has 0 bridgehead atoms.